The number of nitrogens with zero attached hydrogens (tertiary/aromatic N) is 2. The number of para-hydroxylation sites is 1. The minimum Gasteiger partial charge on any atom is -0.493 e. The summed E-state index contributed by atoms with van der Waals surface area (Å²) in [6, 6.07) is 13.5. The average molecular weight is 410 g/mol. The topological polar surface area (TPSA) is 63.7 Å². The van der Waals surface area contributed by atoms with Gasteiger partial charge in [-0.05, 0) is 36.8 Å². The van der Waals surface area contributed by atoms with Crippen LogP contribution in [-0.4, -0.2) is 24.5 Å². The molecule has 1 aliphatic heterocycles. The van der Waals surface area contributed by atoms with E-state index in [1.807, 2.05) is 42.5 Å². The fraction of sp³-hybridized carbons (Fsp3) is 0.273. The summed E-state index contributed by atoms with van der Waals surface area (Å²) in [5.41, 5.74) is 1.84. The van der Waals surface area contributed by atoms with Crippen molar-refractivity contribution in [2.24, 2.45) is 0 Å². The lowest BCUT2D eigenvalue weighted by Crippen LogP contribution is -2.23. The van der Waals surface area contributed by atoms with Gasteiger partial charge in [0.25, 0.3) is 5.91 Å². The number of aromatic nitrogens is 1. The zero-order valence-electron chi connectivity index (χ0n) is 16.5. The molecule has 7 heteroatoms. The summed E-state index contributed by atoms with van der Waals surface area (Å²) in [4.78, 5) is 19.7. The molecule has 0 aliphatic carbocycles. The van der Waals surface area contributed by atoms with Crippen molar-refractivity contribution in [3.05, 3.63) is 59.1 Å². The van der Waals surface area contributed by atoms with Gasteiger partial charge in [0.2, 0.25) is 5.88 Å². The van der Waals surface area contributed by atoms with E-state index in [4.69, 9.17) is 9.47 Å². The number of benzene rings is 1. The number of anilines is 2. The lowest BCUT2D eigenvalue weighted by atomic mass is 10.1. The van der Waals surface area contributed by atoms with Gasteiger partial charge in [-0.2, -0.15) is 0 Å². The number of carbonyl (C=O) groups is 1. The van der Waals surface area contributed by atoms with Crippen LogP contribution in [0.15, 0.2) is 48.7 Å². The third kappa shape index (κ3) is 3.91. The molecule has 1 aliphatic rings. The number of amides is 1. The van der Waals surface area contributed by atoms with Crippen LogP contribution in [-0.2, 0) is 6.54 Å². The molecule has 0 bridgehead atoms. The Morgan fingerprint density at radius 2 is 2.17 bits per heavy atom. The monoisotopic (exact) mass is 409 g/mol. The maximum absolute atomic E-state index is 12.4. The van der Waals surface area contributed by atoms with E-state index >= 15 is 0 Å². The van der Waals surface area contributed by atoms with Crippen LogP contribution < -0.4 is 19.7 Å². The molecule has 0 saturated carbocycles. The Bertz CT molecular complexity index is 1020. The molecule has 0 saturated heterocycles. The summed E-state index contributed by atoms with van der Waals surface area (Å²) in [6.45, 7) is 3.39. The van der Waals surface area contributed by atoms with Crippen LogP contribution in [0.2, 0.25) is 0 Å². The van der Waals surface area contributed by atoms with Gasteiger partial charge in [0.05, 0.1) is 23.5 Å². The van der Waals surface area contributed by atoms with Gasteiger partial charge in [0.1, 0.15) is 5.69 Å². The van der Waals surface area contributed by atoms with Crippen LogP contribution >= 0.6 is 11.3 Å². The highest BCUT2D eigenvalue weighted by atomic mass is 32.1. The van der Waals surface area contributed by atoms with Crippen molar-refractivity contribution in [2.75, 3.05) is 18.6 Å². The van der Waals surface area contributed by atoms with Crippen LogP contribution in [0.5, 0.6) is 17.4 Å². The lowest BCUT2D eigenvalue weighted by Gasteiger charge is -2.21. The quantitative estimate of drug-likeness (QED) is 0.572. The van der Waals surface area contributed by atoms with E-state index in [0.29, 0.717) is 35.3 Å². The van der Waals surface area contributed by atoms with E-state index in [2.05, 4.69) is 22.1 Å². The smallest absolute Gasteiger partial charge is 0.261 e. The average Bonchev–Trinajstić information content (AvgIpc) is 3.17. The van der Waals surface area contributed by atoms with Crippen LogP contribution in [0.1, 0.15) is 35.0 Å². The largest absolute Gasteiger partial charge is 0.493 e. The molecular formula is C22H23N3O3S. The first-order chi connectivity index (χ1) is 14.2. The number of hydrogen-bond acceptors (Lipinski definition) is 6. The van der Waals surface area contributed by atoms with Gasteiger partial charge in [-0.3, -0.25) is 4.79 Å². The molecular weight excluding hydrogens is 386 g/mol. The fourth-order valence-electron chi connectivity index (χ4n) is 3.24. The Labute approximate surface area is 174 Å². The van der Waals surface area contributed by atoms with Crippen LogP contribution in [0.4, 0.5) is 10.7 Å². The Hall–Kier alpha value is -3.06. The van der Waals surface area contributed by atoms with E-state index in [1.165, 1.54) is 11.3 Å². The summed E-state index contributed by atoms with van der Waals surface area (Å²) in [5.74, 6) is 1.82. The number of hydrogen-bond donors (Lipinski definition) is 1. The first-order valence-electron chi connectivity index (χ1n) is 9.65. The molecule has 0 atom stereocenters. The third-order valence-electron chi connectivity index (χ3n) is 4.75. The number of unbranched alkanes of at least 4 members (excludes halogenated alkanes) is 1. The Balaban J connectivity index is 1.69. The van der Waals surface area contributed by atoms with Crippen molar-refractivity contribution >= 4 is 27.9 Å². The highest BCUT2D eigenvalue weighted by Crippen LogP contribution is 2.45. The number of thiophene rings is 1. The second kappa shape index (κ2) is 8.53. The lowest BCUT2D eigenvalue weighted by molar-refractivity contribution is 0.0957. The van der Waals surface area contributed by atoms with Crippen molar-refractivity contribution in [3.8, 4) is 17.4 Å². The Morgan fingerprint density at radius 3 is 3.00 bits per heavy atom. The number of rotatable bonds is 6. The summed E-state index contributed by atoms with van der Waals surface area (Å²) in [6.07, 6.45) is 3.74. The van der Waals surface area contributed by atoms with Crippen LogP contribution in [0.3, 0.4) is 0 Å². The molecule has 29 heavy (non-hydrogen) atoms. The number of methoxy groups -OCH3 is 1. The fourth-order valence-corrected chi connectivity index (χ4v) is 4.17. The van der Waals surface area contributed by atoms with Gasteiger partial charge in [0.15, 0.2) is 11.5 Å². The molecule has 4 rings (SSSR count). The maximum Gasteiger partial charge on any atom is 0.261 e. The van der Waals surface area contributed by atoms with E-state index in [9.17, 15) is 4.79 Å². The normalized spacial score (nSPS) is 12.4. The predicted octanol–water partition coefficient (Wildman–Crippen LogP) is 5.13. The van der Waals surface area contributed by atoms with Crippen molar-refractivity contribution in [1.82, 2.24) is 10.3 Å². The second-order valence-electron chi connectivity index (χ2n) is 6.71. The molecule has 0 fully saturated rings. The number of pyridine rings is 1. The number of nitrogens with one attached hydrogen (secondary N) is 1. The van der Waals surface area contributed by atoms with E-state index in [-0.39, 0.29) is 5.91 Å². The van der Waals surface area contributed by atoms with Gasteiger partial charge < -0.3 is 19.7 Å². The number of ether oxygens (including phenoxy) is 2. The molecule has 150 valence electrons. The predicted molar refractivity (Wildman–Crippen MR) is 115 cm³/mol. The summed E-state index contributed by atoms with van der Waals surface area (Å²) in [7, 11) is 1.63. The zero-order chi connectivity index (χ0) is 20.2. The van der Waals surface area contributed by atoms with E-state index in [0.717, 1.165) is 29.1 Å². The summed E-state index contributed by atoms with van der Waals surface area (Å²) >= 11 is 1.46. The van der Waals surface area contributed by atoms with Crippen molar-refractivity contribution < 1.29 is 14.3 Å². The molecule has 1 aromatic carbocycles. The maximum atomic E-state index is 12.4. The van der Waals surface area contributed by atoms with Crippen LogP contribution in [0.25, 0.3) is 0 Å². The van der Waals surface area contributed by atoms with Gasteiger partial charge in [-0.25, -0.2) is 4.98 Å². The molecule has 0 spiro atoms. The van der Waals surface area contributed by atoms with Gasteiger partial charge in [0, 0.05) is 18.3 Å². The van der Waals surface area contributed by atoms with E-state index < -0.39 is 0 Å². The molecule has 1 N–H and O–H groups in total. The Kier molecular flexibility index (Phi) is 5.67. The third-order valence-corrected chi connectivity index (χ3v) is 5.85. The summed E-state index contributed by atoms with van der Waals surface area (Å²) in [5, 5.41) is 3.94. The SMILES string of the molecule is CCCCNC(=O)c1ccc(N2Cc3cccc(OC)c3Oc3ncccc32)s1. The highest BCUT2D eigenvalue weighted by Gasteiger charge is 2.26. The van der Waals surface area contributed by atoms with Crippen molar-refractivity contribution in [1.29, 1.82) is 0 Å². The number of carbonyl (C=O) groups excluding carboxylic acids is 1. The van der Waals surface area contributed by atoms with Gasteiger partial charge in [-0.1, -0.05) is 25.5 Å². The molecule has 0 unspecified atom stereocenters. The first-order valence-corrected chi connectivity index (χ1v) is 10.5. The minimum atomic E-state index is -0.0331. The number of fused-ring (bicyclic) bond motifs is 2. The summed E-state index contributed by atoms with van der Waals surface area (Å²) < 4.78 is 11.6. The van der Waals surface area contributed by atoms with E-state index in [1.54, 1.807) is 13.3 Å². The highest BCUT2D eigenvalue weighted by molar-refractivity contribution is 7.18. The van der Waals surface area contributed by atoms with Crippen LogP contribution in [0, 0.1) is 0 Å². The zero-order valence-corrected chi connectivity index (χ0v) is 17.3. The molecule has 3 heterocycles. The van der Waals surface area contributed by atoms with Gasteiger partial charge >= 0.3 is 0 Å². The first kappa shape index (κ1) is 19.3. The second-order valence-corrected chi connectivity index (χ2v) is 7.77. The molecule has 1 amide bonds. The Morgan fingerprint density at radius 1 is 1.28 bits per heavy atom. The molecule has 0 radical (unpaired) electrons. The minimum absolute atomic E-state index is 0.0331. The molecule has 3 aromatic rings. The molecule has 6 nitrogen and oxygen atoms in total. The van der Waals surface area contributed by atoms with Gasteiger partial charge in [-0.15, -0.1) is 11.3 Å². The van der Waals surface area contributed by atoms with Crippen molar-refractivity contribution in [3.63, 3.8) is 0 Å². The molecule has 2 aromatic heterocycles. The van der Waals surface area contributed by atoms with Crippen molar-refractivity contribution in [2.45, 2.75) is 26.3 Å². The standard InChI is InChI=1S/C22H23N3O3S/c1-3-4-12-23-21(26)18-10-11-19(29-18)25-14-15-7-5-9-17(27-2)20(15)28-22-16(25)8-6-13-24-22/h5-11,13H,3-4,12,14H2,1-2H3,(H,23,26).